The number of hydrogen-bond acceptors (Lipinski definition) is 5. The van der Waals surface area contributed by atoms with Gasteiger partial charge in [-0.3, -0.25) is 9.59 Å². The van der Waals surface area contributed by atoms with Crippen molar-refractivity contribution in [3.8, 4) is 11.5 Å². The minimum atomic E-state index is -0.235. The van der Waals surface area contributed by atoms with Crippen molar-refractivity contribution >= 4 is 17.5 Å². The average Bonchev–Trinajstić information content (AvgIpc) is 2.84. The van der Waals surface area contributed by atoms with Crippen LogP contribution in [-0.2, 0) is 4.79 Å². The number of Topliss-reactive ketones (excluding diaryl/α,β-unsaturated/α-hetero) is 1. The number of hydrogen-bond donors (Lipinski definition) is 1. The van der Waals surface area contributed by atoms with Crippen LogP contribution in [0, 0.1) is 6.92 Å². The van der Waals surface area contributed by atoms with Gasteiger partial charge in [0.25, 0.3) is 0 Å². The zero-order valence-corrected chi connectivity index (χ0v) is 14.1. The van der Waals surface area contributed by atoms with Gasteiger partial charge in [-0.1, -0.05) is 6.07 Å². The Hall–Kier alpha value is -2.89. The monoisotopic (exact) mass is 340 g/mol. The molecule has 0 atom stereocenters. The molecule has 0 saturated heterocycles. The second-order valence-corrected chi connectivity index (χ2v) is 5.85. The molecule has 1 amide bonds. The van der Waals surface area contributed by atoms with E-state index in [9.17, 15) is 9.59 Å². The molecule has 1 aliphatic rings. The largest absolute Gasteiger partial charge is 0.490 e. The van der Waals surface area contributed by atoms with Gasteiger partial charge in [0.05, 0.1) is 13.2 Å². The number of nitrogens with one attached hydrogen (secondary N) is 1. The van der Waals surface area contributed by atoms with Gasteiger partial charge in [0, 0.05) is 30.5 Å². The molecule has 6 heteroatoms. The van der Waals surface area contributed by atoms with Crippen molar-refractivity contribution in [2.45, 2.75) is 26.2 Å². The number of anilines is 1. The molecule has 0 bridgehead atoms. The van der Waals surface area contributed by atoms with E-state index in [0.717, 1.165) is 12.1 Å². The van der Waals surface area contributed by atoms with E-state index in [2.05, 4.69) is 10.3 Å². The molecule has 0 unspecified atom stereocenters. The Morgan fingerprint density at radius 1 is 1.08 bits per heavy atom. The van der Waals surface area contributed by atoms with Gasteiger partial charge in [0.2, 0.25) is 5.91 Å². The summed E-state index contributed by atoms with van der Waals surface area (Å²) in [7, 11) is 0. The molecule has 0 saturated carbocycles. The highest BCUT2D eigenvalue weighted by molar-refractivity contribution is 6.00. The lowest BCUT2D eigenvalue weighted by Crippen LogP contribution is -2.14. The van der Waals surface area contributed by atoms with Crippen molar-refractivity contribution < 1.29 is 19.1 Å². The van der Waals surface area contributed by atoms with E-state index in [1.54, 1.807) is 24.3 Å². The molecule has 1 N–H and O–H groups in total. The van der Waals surface area contributed by atoms with Crippen molar-refractivity contribution in [2.24, 2.45) is 0 Å². The summed E-state index contributed by atoms with van der Waals surface area (Å²) in [5.41, 5.74) is 1.34. The first kappa shape index (κ1) is 17.0. The summed E-state index contributed by atoms with van der Waals surface area (Å²) in [5.74, 6) is 1.38. The van der Waals surface area contributed by atoms with Crippen LogP contribution in [0.15, 0.2) is 36.4 Å². The second-order valence-electron chi connectivity index (χ2n) is 5.85. The number of carbonyl (C=O) groups is 2. The van der Waals surface area contributed by atoms with E-state index < -0.39 is 0 Å². The molecule has 0 aliphatic carbocycles. The van der Waals surface area contributed by atoms with Gasteiger partial charge in [-0.15, -0.1) is 0 Å². The van der Waals surface area contributed by atoms with Gasteiger partial charge in [-0.2, -0.15) is 0 Å². The topological polar surface area (TPSA) is 77.5 Å². The van der Waals surface area contributed by atoms with Crippen molar-refractivity contribution in [1.29, 1.82) is 0 Å². The third kappa shape index (κ3) is 4.56. The van der Waals surface area contributed by atoms with Gasteiger partial charge in [0.15, 0.2) is 17.3 Å². The van der Waals surface area contributed by atoms with E-state index in [4.69, 9.17) is 9.47 Å². The summed E-state index contributed by atoms with van der Waals surface area (Å²) >= 11 is 0. The van der Waals surface area contributed by atoms with Gasteiger partial charge in [0.1, 0.15) is 5.82 Å². The molecular weight excluding hydrogens is 320 g/mol. The summed E-state index contributed by atoms with van der Waals surface area (Å²) < 4.78 is 11.1. The number of carbonyl (C=O) groups excluding carboxylic acids is 2. The highest BCUT2D eigenvalue weighted by Crippen LogP contribution is 2.30. The predicted octanol–water partition coefficient (Wildman–Crippen LogP) is 3.15. The highest BCUT2D eigenvalue weighted by Gasteiger charge is 2.15. The summed E-state index contributed by atoms with van der Waals surface area (Å²) in [4.78, 5) is 28.5. The van der Waals surface area contributed by atoms with Crippen molar-refractivity contribution in [3.05, 3.63) is 47.7 Å². The van der Waals surface area contributed by atoms with Gasteiger partial charge < -0.3 is 14.8 Å². The number of ether oxygens (including phenoxy) is 2. The molecule has 130 valence electrons. The Kier molecular flexibility index (Phi) is 5.28. The molecule has 3 rings (SSSR count). The van der Waals surface area contributed by atoms with Crippen LogP contribution in [0.5, 0.6) is 11.5 Å². The smallest absolute Gasteiger partial charge is 0.225 e. The number of fused-ring (bicyclic) bond motifs is 1. The van der Waals surface area contributed by atoms with E-state index in [1.165, 1.54) is 0 Å². The van der Waals surface area contributed by atoms with E-state index in [0.29, 0.717) is 36.1 Å². The number of amides is 1. The van der Waals surface area contributed by atoms with Crippen molar-refractivity contribution in [1.82, 2.24) is 4.98 Å². The maximum absolute atomic E-state index is 12.3. The van der Waals surface area contributed by atoms with E-state index >= 15 is 0 Å². The molecule has 1 aliphatic heterocycles. The van der Waals surface area contributed by atoms with Gasteiger partial charge in [-0.25, -0.2) is 4.98 Å². The Labute approximate surface area is 146 Å². The quantitative estimate of drug-likeness (QED) is 0.846. The van der Waals surface area contributed by atoms with E-state index in [-0.39, 0.29) is 24.5 Å². The lowest BCUT2D eigenvalue weighted by molar-refractivity contribution is -0.116. The van der Waals surface area contributed by atoms with Crippen molar-refractivity contribution in [3.63, 3.8) is 0 Å². The van der Waals surface area contributed by atoms with Crippen LogP contribution in [-0.4, -0.2) is 29.9 Å². The van der Waals surface area contributed by atoms with Crippen molar-refractivity contribution in [2.75, 3.05) is 18.5 Å². The van der Waals surface area contributed by atoms with Crippen LogP contribution in [0.1, 0.15) is 35.3 Å². The van der Waals surface area contributed by atoms with E-state index in [1.807, 2.05) is 19.1 Å². The number of ketones is 1. The molecule has 1 aromatic carbocycles. The van der Waals surface area contributed by atoms with Crippen LogP contribution >= 0.6 is 0 Å². The van der Waals surface area contributed by atoms with Gasteiger partial charge in [-0.05, 0) is 37.3 Å². The standard InChI is InChI=1S/C19H20N2O4/c1-13-4-2-5-18(20-13)21-19(23)9-7-15(22)14-6-8-16-17(12-14)25-11-3-10-24-16/h2,4-6,8,12H,3,7,9-11H2,1H3,(H,20,21,23). The first-order chi connectivity index (χ1) is 12.1. The Morgan fingerprint density at radius 3 is 2.68 bits per heavy atom. The molecule has 0 radical (unpaired) electrons. The number of aromatic nitrogens is 1. The fourth-order valence-corrected chi connectivity index (χ4v) is 2.53. The first-order valence-electron chi connectivity index (χ1n) is 8.28. The summed E-state index contributed by atoms with van der Waals surface area (Å²) in [6.45, 7) is 3.02. The number of aryl methyl sites for hydroxylation is 1. The Balaban J connectivity index is 1.57. The van der Waals surface area contributed by atoms with Gasteiger partial charge >= 0.3 is 0 Å². The highest BCUT2D eigenvalue weighted by atomic mass is 16.5. The van der Waals surface area contributed by atoms with Crippen LogP contribution in [0.2, 0.25) is 0 Å². The Bertz CT molecular complexity index is 789. The minimum Gasteiger partial charge on any atom is -0.490 e. The molecule has 2 aromatic rings. The van der Waals surface area contributed by atoms with Crippen LogP contribution in [0.25, 0.3) is 0 Å². The molecule has 6 nitrogen and oxygen atoms in total. The number of rotatable bonds is 5. The molecule has 2 heterocycles. The zero-order chi connectivity index (χ0) is 17.6. The first-order valence-corrected chi connectivity index (χ1v) is 8.28. The molecule has 0 fully saturated rings. The fraction of sp³-hybridized carbons (Fsp3) is 0.316. The van der Waals surface area contributed by atoms with Crippen LogP contribution in [0.3, 0.4) is 0 Å². The maximum Gasteiger partial charge on any atom is 0.225 e. The SMILES string of the molecule is Cc1cccc(NC(=O)CCC(=O)c2ccc3c(c2)OCCCO3)n1. The third-order valence-corrected chi connectivity index (χ3v) is 3.80. The molecule has 25 heavy (non-hydrogen) atoms. The molecule has 1 aromatic heterocycles. The normalized spacial score (nSPS) is 13.0. The maximum atomic E-state index is 12.3. The lowest BCUT2D eigenvalue weighted by Gasteiger charge is -2.09. The minimum absolute atomic E-state index is 0.100. The van der Waals surface area contributed by atoms with Crippen LogP contribution < -0.4 is 14.8 Å². The lowest BCUT2D eigenvalue weighted by atomic mass is 10.1. The van der Waals surface area contributed by atoms with Crippen LogP contribution in [0.4, 0.5) is 5.82 Å². The number of pyridine rings is 1. The predicted molar refractivity (Wildman–Crippen MR) is 93.2 cm³/mol. The zero-order valence-electron chi connectivity index (χ0n) is 14.1. The third-order valence-electron chi connectivity index (χ3n) is 3.80. The molecular formula is C19H20N2O4. The average molecular weight is 340 g/mol. The summed E-state index contributed by atoms with van der Waals surface area (Å²) in [5, 5.41) is 2.70. The fourth-order valence-electron chi connectivity index (χ4n) is 2.53. The summed E-state index contributed by atoms with van der Waals surface area (Å²) in [6.07, 6.45) is 1.03. The Morgan fingerprint density at radius 2 is 1.88 bits per heavy atom. The second kappa shape index (κ2) is 7.79. The summed E-state index contributed by atoms with van der Waals surface area (Å²) in [6, 6.07) is 10.5. The number of nitrogens with zero attached hydrogens (tertiary/aromatic N) is 1. The molecule has 0 spiro atoms. The number of benzene rings is 1.